The summed E-state index contributed by atoms with van der Waals surface area (Å²) in [5.74, 6) is -0.311. The van der Waals surface area contributed by atoms with Crippen molar-refractivity contribution in [2.24, 2.45) is 0 Å². The summed E-state index contributed by atoms with van der Waals surface area (Å²) >= 11 is 0. The number of hydrogen-bond donors (Lipinski definition) is 3. The number of sulfone groups is 1. The predicted octanol–water partition coefficient (Wildman–Crippen LogP) is 0.734. The molecular formula is C19H26N4O5S. The summed E-state index contributed by atoms with van der Waals surface area (Å²) in [5, 5.41) is 7.50. The molecule has 10 heteroatoms. The zero-order valence-corrected chi connectivity index (χ0v) is 17.3. The summed E-state index contributed by atoms with van der Waals surface area (Å²) in [4.78, 5) is 36.9. The fraction of sp³-hybridized carbons (Fsp3) is 0.526. The van der Waals surface area contributed by atoms with Gasteiger partial charge in [-0.3, -0.25) is 9.59 Å². The van der Waals surface area contributed by atoms with Gasteiger partial charge in [-0.25, -0.2) is 13.2 Å². The van der Waals surface area contributed by atoms with Gasteiger partial charge >= 0.3 is 6.03 Å². The first-order valence-corrected chi connectivity index (χ1v) is 11.3. The third kappa shape index (κ3) is 4.87. The number of benzene rings is 1. The van der Waals surface area contributed by atoms with Crippen molar-refractivity contribution in [3.63, 3.8) is 0 Å². The van der Waals surface area contributed by atoms with Crippen LogP contribution in [0.5, 0.6) is 0 Å². The van der Waals surface area contributed by atoms with Crippen LogP contribution in [0.1, 0.15) is 36.0 Å². The topological polar surface area (TPSA) is 125 Å². The van der Waals surface area contributed by atoms with Gasteiger partial charge < -0.3 is 20.9 Å². The highest BCUT2D eigenvalue weighted by Crippen LogP contribution is 2.28. The van der Waals surface area contributed by atoms with E-state index in [2.05, 4.69) is 16.0 Å². The Morgan fingerprint density at radius 2 is 1.83 bits per heavy atom. The minimum absolute atomic E-state index is 0.0338. The monoisotopic (exact) mass is 422 g/mol. The third-order valence-electron chi connectivity index (χ3n) is 5.29. The van der Waals surface area contributed by atoms with Gasteiger partial charge in [0, 0.05) is 31.8 Å². The molecule has 158 valence electrons. The molecule has 29 heavy (non-hydrogen) atoms. The number of urea groups is 1. The Morgan fingerprint density at radius 3 is 2.48 bits per heavy atom. The van der Waals surface area contributed by atoms with E-state index in [1.165, 1.54) is 4.90 Å². The van der Waals surface area contributed by atoms with E-state index in [0.29, 0.717) is 30.5 Å². The molecule has 0 radical (unpaired) electrons. The summed E-state index contributed by atoms with van der Waals surface area (Å²) in [5.41, 5.74) is 1.14. The van der Waals surface area contributed by atoms with Crippen molar-refractivity contribution in [3.8, 4) is 0 Å². The molecule has 0 saturated carbocycles. The van der Waals surface area contributed by atoms with Gasteiger partial charge in [-0.2, -0.15) is 0 Å². The van der Waals surface area contributed by atoms with Crippen LogP contribution in [0, 0.1) is 0 Å². The van der Waals surface area contributed by atoms with Crippen molar-refractivity contribution in [3.05, 3.63) is 29.8 Å². The summed E-state index contributed by atoms with van der Waals surface area (Å²) in [7, 11) is 0.100. The molecule has 0 spiro atoms. The van der Waals surface area contributed by atoms with E-state index >= 15 is 0 Å². The standard InChI is InChI=1S/C19H26N4O5S/c1-23(2)18(25)12-7-9-13(10-8-12)20-16(24)6-4-3-5-15-17-14(11-29(15,27)28)21-19(26)22-17/h7-10,14-15,17H,3-6,11H2,1-2H3,(H,20,24)(H2,21,22,26)/t14-,15+,17-/m0/s1. The maximum atomic E-state index is 12.3. The van der Waals surface area contributed by atoms with Gasteiger partial charge in [0.25, 0.3) is 5.91 Å². The van der Waals surface area contributed by atoms with E-state index in [4.69, 9.17) is 0 Å². The molecule has 0 unspecified atom stereocenters. The number of rotatable bonds is 7. The first kappa shape index (κ1) is 21.1. The molecule has 0 aromatic heterocycles. The van der Waals surface area contributed by atoms with Crippen LogP contribution in [0.3, 0.4) is 0 Å². The number of unbranched alkanes of at least 4 members (excludes halogenated alkanes) is 1. The number of carbonyl (C=O) groups excluding carboxylic acids is 3. The average Bonchev–Trinajstić information content (AvgIpc) is 3.10. The summed E-state index contributed by atoms with van der Waals surface area (Å²) in [6.45, 7) is 0. The van der Waals surface area contributed by atoms with Crippen molar-refractivity contribution in [1.82, 2.24) is 15.5 Å². The summed E-state index contributed by atoms with van der Waals surface area (Å²) in [6.07, 6.45) is 1.81. The van der Waals surface area contributed by atoms with E-state index < -0.39 is 15.1 Å². The molecule has 1 aromatic carbocycles. The normalized spacial score (nSPS) is 24.3. The van der Waals surface area contributed by atoms with Gasteiger partial charge in [-0.15, -0.1) is 0 Å². The van der Waals surface area contributed by atoms with E-state index in [9.17, 15) is 22.8 Å². The second-order valence-corrected chi connectivity index (χ2v) is 9.95. The number of amides is 4. The fourth-order valence-corrected chi connectivity index (χ4v) is 6.08. The van der Waals surface area contributed by atoms with Crippen LogP contribution in [0.4, 0.5) is 10.5 Å². The van der Waals surface area contributed by atoms with Gasteiger partial charge in [0.05, 0.1) is 23.1 Å². The van der Waals surface area contributed by atoms with E-state index in [-0.39, 0.29) is 42.1 Å². The van der Waals surface area contributed by atoms with Crippen LogP contribution >= 0.6 is 0 Å². The third-order valence-corrected chi connectivity index (χ3v) is 7.56. The number of carbonyl (C=O) groups is 3. The maximum Gasteiger partial charge on any atom is 0.315 e. The highest BCUT2D eigenvalue weighted by molar-refractivity contribution is 7.92. The lowest BCUT2D eigenvalue weighted by molar-refractivity contribution is -0.116. The fourth-order valence-electron chi connectivity index (χ4n) is 3.81. The van der Waals surface area contributed by atoms with Crippen molar-refractivity contribution >= 4 is 33.4 Å². The Hall–Kier alpha value is -2.62. The molecule has 2 heterocycles. The highest BCUT2D eigenvalue weighted by atomic mass is 32.2. The Morgan fingerprint density at radius 1 is 1.14 bits per heavy atom. The van der Waals surface area contributed by atoms with E-state index in [1.54, 1.807) is 38.4 Å². The molecule has 2 fully saturated rings. The molecule has 3 rings (SSSR count). The number of anilines is 1. The second kappa shape index (κ2) is 8.40. The zero-order chi connectivity index (χ0) is 21.2. The molecular weight excluding hydrogens is 396 g/mol. The largest absolute Gasteiger partial charge is 0.345 e. The number of nitrogens with one attached hydrogen (secondary N) is 3. The van der Waals surface area contributed by atoms with Crippen molar-refractivity contribution in [2.75, 3.05) is 25.2 Å². The maximum absolute atomic E-state index is 12.3. The number of hydrogen-bond acceptors (Lipinski definition) is 5. The lowest BCUT2D eigenvalue weighted by Gasteiger charge is -2.16. The predicted molar refractivity (Wildman–Crippen MR) is 108 cm³/mol. The minimum atomic E-state index is -3.25. The highest BCUT2D eigenvalue weighted by Gasteiger charge is 2.51. The van der Waals surface area contributed by atoms with E-state index in [0.717, 1.165) is 0 Å². The molecule has 2 aliphatic heterocycles. The molecule has 0 aliphatic carbocycles. The number of nitrogens with zero attached hydrogens (tertiary/aromatic N) is 1. The van der Waals surface area contributed by atoms with Gasteiger partial charge in [0.15, 0.2) is 9.84 Å². The molecule has 4 amide bonds. The van der Waals surface area contributed by atoms with Crippen molar-refractivity contribution in [1.29, 1.82) is 0 Å². The van der Waals surface area contributed by atoms with Crippen molar-refractivity contribution in [2.45, 2.75) is 43.0 Å². The molecule has 3 N–H and O–H groups in total. The average molecular weight is 423 g/mol. The van der Waals surface area contributed by atoms with Gasteiger partial charge in [0.1, 0.15) is 0 Å². The van der Waals surface area contributed by atoms with Crippen LogP contribution in [0.25, 0.3) is 0 Å². The van der Waals surface area contributed by atoms with E-state index in [1.807, 2.05) is 0 Å². The Balaban J connectivity index is 1.43. The molecule has 9 nitrogen and oxygen atoms in total. The lowest BCUT2D eigenvalue weighted by atomic mass is 10.0. The molecule has 2 aliphatic rings. The molecule has 1 aromatic rings. The minimum Gasteiger partial charge on any atom is -0.345 e. The van der Waals surface area contributed by atoms with Crippen LogP contribution in [-0.2, 0) is 14.6 Å². The summed E-state index contributed by atoms with van der Waals surface area (Å²) in [6, 6.07) is 5.60. The van der Waals surface area contributed by atoms with Crippen LogP contribution in [0.15, 0.2) is 24.3 Å². The Bertz CT molecular complexity index is 898. The Labute approximate surface area is 170 Å². The first-order valence-electron chi connectivity index (χ1n) is 9.57. The SMILES string of the molecule is CN(C)C(=O)c1ccc(NC(=O)CCCC[C@@H]2[C@H]3NC(=O)N[C@H]3CS2(=O)=O)cc1. The van der Waals surface area contributed by atoms with Gasteiger partial charge in [-0.1, -0.05) is 6.42 Å². The smallest absolute Gasteiger partial charge is 0.315 e. The quantitative estimate of drug-likeness (QED) is 0.441. The number of fused-ring (bicyclic) bond motifs is 1. The lowest BCUT2D eigenvalue weighted by Crippen LogP contribution is -2.39. The van der Waals surface area contributed by atoms with Crippen molar-refractivity contribution < 1.29 is 22.8 Å². The first-order chi connectivity index (χ1) is 13.7. The van der Waals surface area contributed by atoms with Crippen LogP contribution in [0.2, 0.25) is 0 Å². The van der Waals surface area contributed by atoms with Crippen LogP contribution < -0.4 is 16.0 Å². The molecule has 3 atom stereocenters. The summed E-state index contributed by atoms with van der Waals surface area (Å²) < 4.78 is 24.5. The van der Waals surface area contributed by atoms with Gasteiger partial charge in [0.2, 0.25) is 5.91 Å². The molecule has 2 saturated heterocycles. The Kier molecular flexibility index (Phi) is 6.11. The van der Waals surface area contributed by atoms with Crippen LogP contribution in [-0.4, -0.2) is 68.3 Å². The van der Waals surface area contributed by atoms with Gasteiger partial charge in [-0.05, 0) is 37.1 Å². The second-order valence-electron chi connectivity index (χ2n) is 7.69. The zero-order valence-electron chi connectivity index (χ0n) is 16.5. The molecule has 0 bridgehead atoms.